The number of nitrogens with two attached hydrogens (primary N) is 1. The summed E-state index contributed by atoms with van der Waals surface area (Å²) in [6.45, 7) is 3.90. The average molecular weight is 313 g/mol. The molecule has 0 aliphatic carbocycles. The van der Waals surface area contributed by atoms with E-state index >= 15 is 0 Å². The third-order valence-electron chi connectivity index (χ3n) is 3.70. The Hall–Kier alpha value is -1.59. The number of carbonyl (C=O) groups excluding carboxylic acids is 1. The lowest BCUT2D eigenvalue weighted by Gasteiger charge is -2.25. The highest BCUT2D eigenvalue weighted by Gasteiger charge is 2.42. The van der Waals surface area contributed by atoms with E-state index in [2.05, 4.69) is 0 Å². The molecule has 2 rings (SSSR count). The van der Waals surface area contributed by atoms with Crippen molar-refractivity contribution < 1.29 is 14.7 Å². The molecular formula is C15H21ClN2O3. The number of amides is 1. The summed E-state index contributed by atoms with van der Waals surface area (Å²) in [4.78, 5) is 25.2. The van der Waals surface area contributed by atoms with Crippen LogP contribution in [0.3, 0.4) is 0 Å². The van der Waals surface area contributed by atoms with Crippen molar-refractivity contribution in [3.63, 3.8) is 0 Å². The van der Waals surface area contributed by atoms with Crippen LogP contribution in [0.4, 0.5) is 0 Å². The van der Waals surface area contributed by atoms with Crippen molar-refractivity contribution in [1.82, 2.24) is 4.90 Å². The molecule has 1 saturated heterocycles. The highest BCUT2D eigenvalue weighted by atomic mass is 35.5. The van der Waals surface area contributed by atoms with Crippen LogP contribution in [0.1, 0.15) is 25.3 Å². The Labute approximate surface area is 130 Å². The minimum Gasteiger partial charge on any atom is -0.481 e. The van der Waals surface area contributed by atoms with Gasteiger partial charge in [0.25, 0.3) is 0 Å². The van der Waals surface area contributed by atoms with Crippen LogP contribution in [-0.2, 0) is 9.59 Å². The summed E-state index contributed by atoms with van der Waals surface area (Å²) in [7, 11) is 0. The summed E-state index contributed by atoms with van der Waals surface area (Å²) in [5.74, 6) is -1.84. The molecule has 0 unspecified atom stereocenters. The van der Waals surface area contributed by atoms with Gasteiger partial charge in [-0.2, -0.15) is 0 Å². The fourth-order valence-electron chi connectivity index (χ4n) is 2.67. The first-order chi connectivity index (χ1) is 9.30. The third kappa shape index (κ3) is 3.74. The monoisotopic (exact) mass is 312 g/mol. The lowest BCUT2D eigenvalue weighted by Crippen LogP contribution is -2.50. The second-order valence-electron chi connectivity index (χ2n) is 5.89. The Morgan fingerprint density at radius 1 is 1.24 bits per heavy atom. The first kappa shape index (κ1) is 17.5. The molecule has 21 heavy (non-hydrogen) atoms. The maximum Gasteiger partial charge on any atom is 0.308 e. The van der Waals surface area contributed by atoms with Gasteiger partial charge in [-0.25, -0.2) is 0 Å². The van der Waals surface area contributed by atoms with E-state index < -0.39 is 17.4 Å². The number of rotatable bonds is 3. The second-order valence-corrected chi connectivity index (χ2v) is 5.89. The fraction of sp³-hybridized carbons (Fsp3) is 0.467. The van der Waals surface area contributed by atoms with Crippen molar-refractivity contribution in [3.05, 3.63) is 35.9 Å². The summed E-state index contributed by atoms with van der Waals surface area (Å²) >= 11 is 0. The Balaban J connectivity index is 0.00000220. The van der Waals surface area contributed by atoms with Gasteiger partial charge in [0.1, 0.15) is 0 Å². The zero-order chi connectivity index (χ0) is 14.9. The second kappa shape index (κ2) is 6.45. The van der Waals surface area contributed by atoms with Gasteiger partial charge in [0.2, 0.25) is 5.91 Å². The van der Waals surface area contributed by atoms with Gasteiger partial charge < -0.3 is 15.7 Å². The Bertz CT molecular complexity index is 513. The van der Waals surface area contributed by atoms with Crippen molar-refractivity contribution in [3.8, 4) is 0 Å². The molecule has 1 amide bonds. The summed E-state index contributed by atoms with van der Waals surface area (Å²) in [6, 6.07) is 9.46. The molecule has 0 spiro atoms. The summed E-state index contributed by atoms with van der Waals surface area (Å²) in [6.07, 6.45) is 0. The number of carbonyl (C=O) groups is 2. The fourth-order valence-corrected chi connectivity index (χ4v) is 2.67. The van der Waals surface area contributed by atoms with Crippen molar-refractivity contribution in [2.45, 2.75) is 25.3 Å². The number of benzene rings is 1. The van der Waals surface area contributed by atoms with Gasteiger partial charge in [-0.1, -0.05) is 30.3 Å². The Kier molecular flexibility index (Phi) is 5.36. The molecule has 1 aromatic rings. The zero-order valence-corrected chi connectivity index (χ0v) is 13.0. The van der Waals surface area contributed by atoms with Crippen molar-refractivity contribution in [2.75, 3.05) is 13.1 Å². The Morgan fingerprint density at radius 3 is 2.29 bits per heavy atom. The largest absolute Gasteiger partial charge is 0.481 e. The molecule has 1 aliphatic heterocycles. The SMILES string of the molecule is CC(C)(N)C(=O)N1C[C@@H](C(=O)O)[C@H](c2ccccc2)C1.Cl. The number of likely N-dealkylation sites (tertiary alicyclic amines) is 1. The van der Waals surface area contributed by atoms with Crippen molar-refractivity contribution in [2.24, 2.45) is 11.7 Å². The number of hydrogen-bond donors (Lipinski definition) is 2. The van der Waals surface area contributed by atoms with Crippen LogP contribution in [0, 0.1) is 5.92 Å². The standard InChI is InChI=1S/C15H20N2O3.ClH/c1-15(2,16)14(20)17-8-11(12(9-17)13(18)19)10-6-4-3-5-7-10;/h3-7,11-12H,8-9,16H2,1-2H3,(H,18,19);1H/t11-,12+;/m0./s1. The number of carboxylic acid groups (broad SMARTS) is 1. The number of carboxylic acids is 1. The van der Waals surface area contributed by atoms with Gasteiger partial charge in [0.15, 0.2) is 0 Å². The quantitative estimate of drug-likeness (QED) is 0.885. The molecule has 5 nitrogen and oxygen atoms in total. The van der Waals surface area contributed by atoms with Gasteiger partial charge in [-0.3, -0.25) is 9.59 Å². The molecule has 1 aliphatic rings. The predicted molar refractivity (Wildman–Crippen MR) is 82.4 cm³/mol. The number of halogens is 1. The van der Waals surface area contributed by atoms with Crippen molar-refractivity contribution in [1.29, 1.82) is 0 Å². The topological polar surface area (TPSA) is 83.6 Å². The third-order valence-corrected chi connectivity index (χ3v) is 3.70. The predicted octanol–water partition coefficient (Wildman–Crippen LogP) is 1.47. The van der Waals surface area contributed by atoms with Gasteiger partial charge in [-0.05, 0) is 19.4 Å². The van der Waals surface area contributed by atoms with E-state index in [1.807, 2.05) is 30.3 Å². The molecule has 1 fully saturated rings. The van der Waals surface area contributed by atoms with Crippen LogP contribution >= 0.6 is 12.4 Å². The van der Waals surface area contributed by atoms with Gasteiger partial charge >= 0.3 is 5.97 Å². The molecule has 1 aromatic carbocycles. The van der Waals surface area contributed by atoms with E-state index in [4.69, 9.17) is 5.73 Å². The van der Waals surface area contributed by atoms with Gasteiger partial charge in [0, 0.05) is 19.0 Å². The van der Waals surface area contributed by atoms with Crippen LogP contribution in [0.15, 0.2) is 30.3 Å². The molecule has 2 atom stereocenters. The molecule has 0 saturated carbocycles. The van der Waals surface area contributed by atoms with E-state index in [0.717, 1.165) is 5.56 Å². The first-order valence-electron chi connectivity index (χ1n) is 6.66. The smallest absolute Gasteiger partial charge is 0.308 e. The maximum atomic E-state index is 12.2. The van der Waals surface area contributed by atoms with Crippen LogP contribution in [0.5, 0.6) is 0 Å². The maximum absolute atomic E-state index is 12.2. The first-order valence-corrected chi connectivity index (χ1v) is 6.66. The summed E-state index contributed by atoms with van der Waals surface area (Å²) in [5, 5.41) is 9.38. The average Bonchev–Trinajstić information content (AvgIpc) is 2.82. The van der Waals surface area contributed by atoms with E-state index in [9.17, 15) is 14.7 Å². The van der Waals surface area contributed by atoms with Crippen LogP contribution < -0.4 is 5.73 Å². The molecule has 6 heteroatoms. The highest BCUT2D eigenvalue weighted by Crippen LogP contribution is 2.33. The number of nitrogens with zero attached hydrogens (tertiary/aromatic N) is 1. The van der Waals surface area contributed by atoms with E-state index in [0.29, 0.717) is 6.54 Å². The summed E-state index contributed by atoms with van der Waals surface area (Å²) in [5.41, 5.74) is 5.80. The molecule has 116 valence electrons. The van der Waals surface area contributed by atoms with Crippen LogP contribution in [0.2, 0.25) is 0 Å². The highest BCUT2D eigenvalue weighted by molar-refractivity contribution is 5.86. The lowest BCUT2D eigenvalue weighted by molar-refractivity contribution is -0.142. The van der Waals surface area contributed by atoms with Crippen LogP contribution in [-0.4, -0.2) is 40.5 Å². The van der Waals surface area contributed by atoms with Crippen LogP contribution in [0.25, 0.3) is 0 Å². The number of aliphatic carboxylic acids is 1. The zero-order valence-electron chi connectivity index (χ0n) is 12.2. The van der Waals surface area contributed by atoms with Crippen molar-refractivity contribution >= 4 is 24.3 Å². The molecule has 0 radical (unpaired) electrons. The van der Waals surface area contributed by atoms with E-state index in [-0.39, 0.29) is 30.8 Å². The Morgan fingerprint density at radius 2 is 1.81 bits per heavy atom. The molecule has 0 bridgehead atoms. The molecule has 3 N–H and O–H groups in total. The van der Waals surface area contributed by atoms with Gasteiger partial charge in [0.05, 0.1) is 11.5 Å². The van der Waals surface area contributed by atoms with E-state index in [1.54, 1.807) is 18.7 Å². The molecule has 0 aromatic heterocycles. The molecular weight excluding hydrogens is 292 g/mol. The van der Waals surface area contributed by atoms with E-state index in [1.165, 1.54) is 0 Å². The normalized spacial score (nSPS) is 21.8. The lowest BCUT2D eigenvalue weighted by atomic mass is 9.89. The van der Waals surface area contributed by atoms with Gasteiger partial charge in [-0.15, -0.1) is 12.4 Å². The minimum atomic E-state index is -0.978. The summed E-state index contributed by atoms with van der Waals surface area (Å²) < 4.78 is 0. The minimum absolute atomic E-state index is 0. The number of hydrogen-bond acceptors (Lipinski definition) is 3. The molecule has 1 heterocycles.